The van der Waals surface area contributed by atoms with Gasteiger partial charge < -0.3 is 15.0 Å². The predicted octanol–water partition coefficient (Wildman–Crippen LogP) is 4.29. The van der Waals surface area contributed by atoms with Crippen molar-refractivity contribution in [3.8, 4) is 0 Å². The number of ether oxygens (including phenoxy) is 1. The first kappa shape index (κ1) is 19.4. The Balaban J connectivity index is 1.71. The summed E-state index contributed by atoms with van der Waals surface area (Å²) in [6.07, 6.45) is 1.21. The Morgan fingerprint density at radius 3 is 2.70 bits per heavy atom. The van der Waals surface area contributed by atoms with Crippen LogP contribution in [0.15, 0.2) is 48.5 Å². The molecule has 2 aromatic rings. The summed E-state index contributed by atoms with van der Waals surface area (Å²) in [5.74, 6) is -0.298. The van der Waals surface area contributed by atoms with Gasteiger partial charge in [-0.1, -0.05) is 29.8 Å². The number of nitrogens with one attached hydrogen (secondary N) is 1. The molecule has 0 radical (unpaired) electrons. The van der Waals surface area contributed by atoms with E-state index < -0.39 is 6.10 Å². The van der Waals surface area contributed by atoms with Crippen molar-refractivity contribution in [2.45, 2.75) is 31.9 Å². The molecule has 1 aliphatic rings. The van der Waals surface area contributed by atoms with Crippen LogP contribution < -0.4 is 5.32 Å². The molecule has 0 spiro atoms. The molecule has 1 N–H and O–H groups in total. The minimum atomic E-state index is -0.408. The quantitative estimate of drug-likeness (QED) is 0.833. The molecule has 3 rings (SSSR count). The monoisotopic (exact) mass is 386 g/mol. The molecule has 0 aliphatic carbocycles. The van der Waals surface area contributed by atoms with Crippen LogP contribution in [0.4, 0.5) is 5.69 Å². The normalized spacial score (nSPS) is 17.4. The van der Waals surface area contributed by atoms with Gasteiger partial charge in [-0.3, -0.25) is 9.59 Å². The maximum absolute atomic E-state index is 12.9. The summed E-state index contributed by atoms with van der Waals surface area (Å²) in [4.78, 5) is 26.8. The van der Waals surface area contributed by atoms with Crippen molar-refractivity contribution in [3.05, 3.63) is 64.7 Å². The molecule has 2 atom stereocenters. The second kappa shape index (κ2) is 8.55. The zero-order valence-electron chi connectivity index (χ0n) is 15.4. The smallest absolute Gasteiger partial charge is 0.254 e. The minimum Gasteiger partial charge on any atom is -0.368 e. The van der Waals surface area contributed by atoms with E-state index in [0.29, 0.717) is 22.9 Å². The molecule has 2 amide bonds. The van der Waals surface area contributed by atoms with E-state index in [1.54, 1.807) is 42.3 Å². The van der Waals surface area contributed by atoms with Gasteiger partial charge in [-0.15, -0.1) is 0 Å². The van der Waals surface area contributed by atoms with Crippen LogP contribution in [0.1, 0.15) is 41.7 Å². The highest BCUT2D eigenvalue weighted by Crippen LogP contribution is 2.24. The summed E-state index contributed by atoms with van der Waals surface area (Å²) < 4.78 is 5.39. The average molecular weight is 387 g/mol. The Bertz CT molecular complexity index is 834. The molecule has 5 nitrogen and oxygen atoms in total. The van der Waals surface area contributed by atoms with Crippen LogP contribution in [-0.2, 0) is 9.53 Å². The highest BCUT2D eigenvalue weighted by Gasteiger charge is 2.24. The Labute approximate surface area is 164 Å². The molecule has 0 saturated carbocycles. The fraction of sp³-hybridized carbons (Fsp3) is 0.333. The number of nitrogens with zero attached hydrogens (tertiary/aromatic N) is 1. The van der Waals surface area contributed by atoms with Crippen molar-refractivity contribution >= 4 is 29.1 Å². The van der Waals surface area contributed by atoms with Crippen molar-refractivity contribution in [1.29, 1.82) is 0 Å². The molecular weight excluding hydrogens is 364 g/mol. The lowest BCUT2D eigenvalue weighted by molar-refractivity contribution is -0.124. The average Bonchev–Trinajstić information content (AvgIpc) is 3.21. The van der Waals surface area contributed by atoms with E-state index in [9.17, 15) is 9.59 Å². The Kier molecular flexibility index (Phi) is 6.14. The van der Waals surface area contributed by atoms with Crippen molar-refractivity contribution in [2.24, 2.45) is 0 Å². The number of anilines is 1. The summed E-state index contributed by atoms with van der Waals surface area (Å²) in [6, 6.07) is 14.3. The lowest BCUT2D eigenvalue weighted by atomic mass is 10.1. The van der Waals surface area contributed by atoms with Gasteiger partial charge in [-0.25, -0.2) is 0 Å². The van der Waals surface area contributed by atoms with Gasteiger partial charge in [-0.05, 0) is 55.7 Å². The number of benzene rings is 2. The third-order valence-electron chi connectivity index (χ3n) is 4.83. The largest absolute Gasteiger partial charge is 0.368 e. The fourth-order valence-electron chi connectivity index (χ4n) is 3.11. The Morgan fingerprint density at radius 2 is 2.00 bits per heavy atom. The number of hydrogen-bond acceptors (Lipinski definition) is 3. The van der Waals surface area contributed by atoms with Crippen LogP contribution in [0.3, 0.4) is 0 Å². The van der Waals surface area contributed by atoms with E-state index in [1.807, 2.05) is 25.1 Å². The topological polar surface area (TPSA) is 58.6 Å². The van der Waals surface area contributed by atoms with E-state index in [1.165, 1.54) is 0 Å². The van der Waals surface area contributed by atoms with Crippen LogP contribution in [-0.4, -0.2) is 36.5 Å². The summed E-state index contributed by atoms with van der Waals surface area (Å²) in [6.45, 7) is 2.56. The number of rotatable bonds is 5. The van der Waals surface area contributed by atoms with Gasteiger partial charge in [0.2, 0.25) is 0 Å². The second-order valence-corrected chi connectivity index (χ2v) is 7.16. The fourth-order valence-corrected chi connectivity index (χ4v) is 3.31. The van der Waals surface area contributed by atoms with Crippen molar-refractivity contribution in [2.75, 3.05) is 19.0 Å². The Morgan fingerprint density at radius 1 is 1.22 bits per heavy atom. The van der Waals surface area contributed by atoms with E-state index in [-0.39, 0.29) is 17.9 Å². The zero-order chi connectivity index (χ0) is 19.4. The van der Waals surface area contributed by atoms with Crippen molar-refractivity contribution < 1.29 is 14.3 Å². The molecule has 0 bridgehead atoms. The molecule has 1 aliphatic heterocycles. The van der Waals surface area contributed by atoms with E-state index in [4.69, 9.17) is 16.3 Å². The molecule has 1 saturated heterocycles. The van der Waals surface area contributed by atoms with E-state index in [2.05, 4.69) is 5.32 Å². The standard InChI is InChI=1S/C21H23ClN2O3/c1-14(15-6-3-8-17(22)12-15)24(2)21(26)16-7-4-9-18(13-16)23-20(25)19-10-5-11-27-19/h3-4,6-9,12-14,19H,5,10-11H2,1-2H3,(H,23,25). The third kappa shape index (κ3) is 4.67. The second-order valence-electron chi connectivity index (χ2n) is 6.72. The number of hydrogen-bond donors (Lipinski definition) is 1. The molecule has 0 aromatic heterocycles. The molecule has 1 fully saturated rings. The number of carbonyl (C=O) groups is 2. The lowest BCUT2D eigenvalue weighted by Crippen LogP contribution is -2.30. The Hall–Kier alpha value is -2.37. The van der Waals surface area contributed by atoms with Crippen LogP contribution >= 0.6 is 11.6 Å². The van der Waals surface area contributed by atoms with Gasteiger partial charge >= 0.3 is 0 Å². The van der Waals surface area contributed by atoms with Crippen LogP contribution in [0.5, 0.6) is 0 Å². The number of amides is 2. The van der Waals surface area contributed by atoms with Crippen LogP contribution in [0, 0.1) is 0 Å². The van der Waals surface area contributed by atoms with Crippen molar-refractivity contribution in [3.63, 3.8) is 0 Å². The zero-order valence-corrected chi connectivity index (χ0v) is 16.2. The molecule has 2 aromatic carbocycles. The summed E-state index contributed by atoms with van der Waals surface area (Å²) in [5, 5.41) is 3.47. The van der Waals surface area contributed by atoms with E-state index in [0.717, 1.165) is 18.4 Å². The summed E-state index contributed by atoms with van der Waals surface area (Å²) >= 11 is 6.06. The SMILES string of the molecule is CC(c1cccc(Cl)c1)N(C)C(=O)c1cccc(NC(=O)C2CCCO2)c1. The van der Waals surface area contributed by atoms with Crippen LogP contribution in [0.2, 0.25) is 5.02 Å². The molecular formula is C21H23ClN2O3. The van der Waals surface area contributed by atoms with Gasteiger partial charge in [0.05, 0.1) is 6.04 Å². The minimum absolute atomic E-state index is 0.129. The first-order chi connectivity index (χ1) is 13.0. The van der Waals surface area contributed by atoms with Gasteiger partial charge in [0.15, 0.2) is 0 Å². The highest BCUT2D eigenvalue weighted by atomic mass is 35.5. The van der Waals surface area contributed by atoms with Gasteiger partial charge in [0.25, 0.3) is 11.8 Å². The molecule has 142 valence electrons. The number of halogens is 1. The van der Waals surface area contributed by atoms with Crippen LogP contribution in [0.25, 0.3) is 0 Å². The molecule has 27 heavy (non-hydrogen) atoms. The van der Waals surface area contributed by atoms with Crippen molar-refractivity contribution in [1.82, 2.24) is 4.90 Å². The summed E-state index contributed by atoms with van der Waals surface area (Å²) in [5.41, 5.74) is 2.06. The number of carbonyl (C=O) groups excluding carboxylic acids is 2. The van der Waals surface area contributed by atoms with Gasteiger partial charge in [0.1, 0.15) is 6.10 Å². The third-order valence-corrected chi connectivity index (χ3v) is 5.07. The molecule has 6 heteroatoms. The predicted molar refractivity (Wildman–Crippen MR) is 106 cm³/mol. The maximum Gasteiger partial charge on any atom is 0.254 e. The van der Waals surface area contributed by atoms with Gasteiger partial charge in [0, 0.05) is 29.9 Å². The van der Waals surface area contributed by atoms with E-state index >= 15 is 0 Å². The van der Waals surface area contributed by atoms with Gasteiger partial charge in [-0.2, -0.15) is 0 Å². The maximum atomic E-state index is 12.9. The first-order valence-corrected chi connectivity index (χ1v) is 9.38. The molecule has 2 unspecified atom stereocenters. The summed E-state index contributed by atoms with van der Waals surface area (Å²) in [7, 11) is 1.76. The first-order valence-electron chi connectivity index (χ1n) is 9.01. The lowest BCUT2D eigenvalue weighted by Gasteiger charge is -2.26. The molecule has 1 heterocycles. The highest BCUT2D eigenvalue weighted by molar-refractivity contribution is 6.30.